The van der Waals surface area contributed by atoms with Crippen LogP contribution < -0.4 is 0 Å². The lowest BCUT2D eigenvalue weighted by Gasteiger charge is -2.36. The molecule has 1 saturated heterocycles. The van der Waals surface area contributed by atoms with Crippen molar-refractivity contribution in [1.82, 2.24) is 19.4 Å². The van der Waals surface area contributed by atoms with Gasteiger partial charge in [0.05, 0.1) is 36.8 Å². The molecule has 4 rings (SSSR count). The minimum atomic E-state index is -0.144. The first-order valence-corrected chi connectivity index (χ1v) is 9.63. The van der Waals surface area contributed by atoms with Crippen LogP contribution in [0.25, 0.3) is 0 Å². The molecule has 0 unspecified atom stereocenters. The average molecular weight is 360 g/mol. The summed E-state index contributed by atoms with van der Waals surface area (Å²) in [6.07, 6.45) is 1.84. The fourth-order valence-corrected chi connectivity index (χ4v) is 4.71. The number of imidazole rings is 1. The molecule has 6 nitrogen and oxygen atoms in total. The van der Waals surface area contributed by atoms with Crippen LogP contribution in [0.4, 0.5) is 0 Å². The van der Waals surface area contributed by atoms with E-state index < -0.39 is 0 Å². The van der Waals surface area contributed by atoms with E-state index in [1.165, 1.54) is 10.4 Å². The Balaban J connectivity index is 1.59. The number of fused-ring (bicyclic) bond motifs is 1. The first-order chi connectivity index (χ1) is 12.1. The first-order valence-electron chi connectivity index (χ1n) is 8.75. The molecule has 7 heteroatoms. The van der Waals surface area contributed by atoms with Crippen molar-refractivity contribution in [3.63, 3.8) is 0 Å². The Bertz CT molecular complexity index is 763. The molecule has 0 bridgehead atoms. The quantitative estimate of drug-likeness (QED) is 0.837. The summed E-state index contributed by atoms with van der Waals surface area (Å²) < 4.78 is 7.42. The molecular formula is C18H24N4O2S. The minimum absolute atomic E-state index is 0.144. The van der Waals surface area contributed by atoms with Gasteiger partial charge < -0.3 is 14.2 Å². The number of thiophene rings is 1. The fourth-order valence-electron chi connectivity index (χ4n) is 3.77. The van der Waals surface area contributed by atoms with Crippen LogP contribution in [0.1, 0.15) is 27.7 Å². The number of carbonyl (C=O) groups excluding carboxylic acids is 1. The van der Waals surface area contributed by atoms with E-state index in [0.717, 1.165) is 31.0 Å². The summed E-state index contributed by atoms with van der Waals surface area (Å²) in [4.78, 5) is 23.4. The van der Waals surface area contributed by atoms with E-state index >= 15 is 0 Å². The summed E-state index contributed by atoms with van der Waals surface area (Å²) in [6, 6.07) is 2.16. The van der Waals surface area contributed by atoms with Crippen molar-refractivity contribution in [2.45, 2.75) is 25.9 Å². The summed E-state index contributed by atoms with van der Waals surface area (Å²) in [5.74, 6) is 0.0652. The topological polar surface area (TPSA) is 50.6 Å². The molecule has 4 heterocycles. The van der Waals surface area contributed by atoms with E-state index in [2.05, 4.69) is 28.3 Å². The van der Waals surface area contributed by atoms with E-state index in [9.17, 15) is 4.79 Å². The van der Waals surface area contributed by atoms with Gasteiger partial charge in [0.1, 0.15) is 0 Å². The first kappa shape index (κ1) is 16.8. The highest BCUT2D eigenvalue weighted by Gasteiger charge is 2.36. The third-order valence-corrected chi connectivity index (χ3v) is 6.17. The van der Waals surface area contributed by atoms with Crippen molar-refractivity contribution < 1.29 is 9.53 Å². The zero-order chi connectivity index (χ0) is 17.4. The molecule has 0 aromatic carbocycles. The molecule has 0 saturated carbocycles. The van der Waals surface area contributed by atoms with Crippen molar-refractivity contribution >= 4 is 17.2 Å². The minimum Gasteiger partial charge on any atom is -0.378 e. The molecule has 0 radical (unpaired) electrons. The van der Waals surface area contributed by atoms with E-state index in [4.69, 9.17) is 4.74 Å². The van der Waals surface area contributed by atoms with Crippen LogP contribution in [0.15, 0.2) is 17.8 Å². The maximum absolute atomic E-state index is 13.2. The molecular weight excluding hydrogens is 336 g/mol. The fraction of sp³-hybridized carbons (Fsp3) is 0.556. The van der Waals surface area contributed by atoms with Crippen molar-refractivity contribution in [2.75, 3.05) is 32.8 Å². The Kier molecular flexibility index (Phi) is 4.62. The van der Waals surface area contributed by atoms with Crippen LogP contribution in [0.5, 0.6) is 0 Å². The van der Waals surface area contributed by atoms with Gasteiger partial charge in [-0.3, -0.25) is 9.69 Å². The molecule has 25 heavy (non-hydrogen) atoms. The normalized spacial score (nSPS) is 21.4. The maximum Gasteiger partial charge on any atom is 0.233 e. The van der Waals surface area contributed by atoms with Gasteiger partial charge in [0.25, 0.3) is 0 Å². The zero-order valence-corrected chi connectivity index (χ0v) is 15.6. The second kappa shape index (κ2) is 6.90. The number of rotatable bonds is 3. The maximum atomic E-state index is 13.2. The second-order valence-corrected chi connectivity index (χ2v) is 7.87. The van der Waals surface area contributed by atoms with Gasteiger partial charge in [-0.05, 0) is 23.9 Å². The van der Waals surface area contributed by atoms with Crippen molar-refractivity contribution in [3.05, 3.63) is 39.6 Å². The third kappa shape index (κ3) is 3.23. The molecule has 2 aliphatic rings. The lowest BCUT2D eigenvalue weighted by atomic mass is 9.96. The summed E-state index contributed by atoms with van der Waals surface area (Å²) in [5, 5.41) is 2.14. The summed E-state index contributed by atoms with van der Waals surface area (Å²) in [5.41, 5.74) is 3.44. The van der Waals surface area contributed by atoms with Crippen LogP contribution >= 0.6 is 11.3 Å². The highest BCUT2D eigenvalue weighted by Crippen LogP contribution is 2.31. The number of aromatic nitrogens is 2. The van der Waals surface area contributed by atoms with Gasteiger partial charge in [0, 0.05) is 44.6 Å². The van der Waals surface area contributed by atoms with Gasteiger partial charge in [-0.1, -0.05) is 0 Å². The van der Waals surface area contributed by atoms with Crippen LogP contribution in [-0.4, -0.2) is 58.1 Å². The molecule has 1 fully saturated rings. The van der Waals surface area contributed by atoms with E-state index in [1.54, 1.807) is 11.3 Å². The summed E-state index contributed by atoms with van der Waals surface area (Å²) >= 11 is 1.79. The Morgan fingerprint density at radius 1 is 1.40 bits per heavy atom. The molecule has 1 amide bonds. The molecule has 2 aromatic rings. The predicted molar refractivity (Wildman–Crippen MR) is 96.5 cm³/mol. The van der Waals surface area contributed by atoms with Gasteiger partial charge in [-0.25, -0.2) is 4.98 Å². The highest BCUT2D eigenvalue weighted by atomic mass is 32.1. The largest absolute Gasteiger partial charge is 0.378 e. The molecule has 134 valence electrons. The zero-order valence-electron chi connectivity index (χ0n) is 14.8. The molecule has 0 spiro atoms. The molecule has 2 aromatic heterocycles. The van der Waals surface area contributed by atoms with Gasteiger partial charge in [-0.15, -0.1) is 11.3 Å². The Morgan fingerprint density at radius 2 is 2.20 bits per heavy atom. The van der Waals surface area contributed by atoms with E-state index in [1.807, 2.05) is 22.8 Å². The van der Waals surface area contributed by atoms with Gasteiger partial charge in [-0.2, -0.15) is 0 Å². The van der Waals surface area contributed by atoms with Crippen LogP contribution in [0, 0.1) is 6.92 Å². The number of aryl methyl sites for hydroxylation is 2. The number of hydrogen-bond donors (Lipinski definition) is 0. The molecule has 2 aliphatic heterocycles. The SMILES string of the molecule is Cc1ccsc1CN1Cc2ncn(C)c2[C@H](C(=O)N2CCOCC2)C1. The molecule has 0 aliphatic carbocycles. The molecule has 1 atom stereocenters. The smallest absolute Gasteiger partial charge is 0.233 e. The predicted octanol–water partition coefficient (Wildman–Crippen LogP) is 1.75. The molecule has 0 N–H and O–H groups in total. The number of ether oxygens (including phenoxy) is 1. The van der Waals surface area contributed by atoms with Crippen LogP contribution in [0.2, 0.25) is 0 Å². The second-order valence-electron chi connectivity index (χ2n) is 6.87. The van der Waals surface area contributed by atoms with Gasteiger partial charge >= 0.3 is 0 Å². The van der Waals surface area contributed by atoms with E-state index in [0.29, 0.717) is 26.3 Å². The standard InChI is InChI=1S/C18H24N4O2S/c1-13-3-8-25-16(13)11-21-9-14(17-15(10-21)19-12-20(17)2)18(23)22-4-6-24-7-5-22/h3,8,12,14H,4-7,9-11H2,1-2H3/t14-/m1/s1. The summed E-state index contributed by atoms with van der Waals surface area (Å²) in [7, 11) is 1.99. The number of carbonyl (C=O) groups is 1. The lowest BCUT2D eigenvalue weighted by Crippen LogP contribution is -2.47. The van der Waals surface area contributed by atoms with Crippen molar-refractivity contribution in [2.24, 2.45) is 7.05 Å². The third-order valence-electron chi connectivity index (χ3n) is 5.16. The van der Waals surface area contributed by atoms with Crippen LogP contribution in [-0.2, 0) is 29.7 Å². The van der Waals surface area contributed by atoms with E-state index in [-0.39, 0.29) is 11.8 Å². The van der Waals surface area contributed by atoms with Gasteiger partial charge in [0.2, 0.25) is 5.91 Å². The number of amides is 1. The Morgan fingerprint density at radius 3 is 2.92 bits per heavy atom. The lowest BCUT2D eigenvalue weighted by molar-refractivity contribution is -0.138. The van der Waals surface area contributed by atoms with Gasteiger partial charge in [0.15, 0.2) is 0 Å². The monoisotopic (exact) mass is 360 g/mol. The Labute approximate surface area is 152 Å². The number of morpholine rings is 1. The highest BCUT2D eigenvalue weighted by molar-refractivity contribution is 7.10. The van der Waals surface area contributed by atoms with Crippen molar-refractivity contribution in [1.29, 1.82) is 0 Å². The Hall–Kier alpha value is -1.70. The van der Waals surface area contributed by atoms with Crippen molar-refractivity contribution in [3.8, 4) is 0 Å². The average Bonchev–Trinajstić information content (AvgIpc) is 3.21. The number of nitrogens with zero attached hydrogens (tertiary/aromatic N) is 4. The van der Waals surface area contributed by atoms with Crippen LogP contribution in [0.3, 0.4) is 0 Å². The summed E-state index contributed by atoms with van der Waals surface area (Å²) in [6.45, 7) is 7.23. The number of hydrogen-bond acceptors (Lipinski definition) is 5.